The monoisotopic (exact) mass is 654 g/mol. The number of ether oxygens (including phenoxy) is 5. The number of carbonyl (C=O) groups excluding carboxylic acids is 3. The number of amides is 2. The number of methoxy groups -OCH3 is 2. The first-order valence-corrected chi connectivity index (χ1v) is 15.2. The van der Waals surface area contributed by atoms with E-state index in [-0.39, 0.29) is 17.9 Å². The highest BCUT2D eigenvalue weighted by Crippen LogP contribution is 2.48. The predicted molar refractivity (Wildman–Crippen MR) is 169 cm³/mol. The van der Waals surface area contributed by atoms with Crippen molar-refractivity contribution in [2.45, 2.75) is 88.3 Å². The number of fused-ring (bicyclic) bond motifs is 3. The number of rotatable bonds is 5. The number of esters is 1. The number of epoxide rings is 1. The number of thiol groups is 1. The molecule has 1 aromatic carbocycles. The lowest BCUT2D eigenvalue weighted by Gasteiger charge is -2.29. The molecule has 13 heteroatoms. The smallest absolute Gasteiger partial charge is 0.404 e. The molecule has 0 aliphatic carbocycles. The number of anilines is 1. The lowest BCUT2D eigenvalue weighted by Crippen LogP contribution is -2.44. The summed E-state index contributed by atoms with van der Waals surface area (Å²) in [5, 5.41) is 10.6. The molecule has 44 heavy (non-hydrogen) atoms. The van der Waals surface area contributed by atoms with E-state index < -0.39 is 65.3 Å². The molecule has 2 amide bonds. The standard InChI is InChI=1S/C31H43ClN2O9S/c1-16-9-8-10-22(39-6)21(35)14-23(41-30(33)38)17(2)28-31(4,43-28)25(42-29(37)18(3)44)15-26(36)34(5)20-12-19(11-16)13-24(40-7)27(20)32/h8-10,12-13,17-18,21-23,25,28,35,44H,11,14-15H2,1-7H3,(H2,33,38). The number of nitrogens with two attached hydrogens (primary N) is 1. The van der Waals surface area contributed by atoms with Crippen LogP contribution in [0.3, 0.4) is 0 Å². The number of hydrogen-bond donors (Lipinski definition) is 3. The van der Waals surface area contributed by atoms with Gasteiger partial charge in [-0.2, -0.15) is 12.6 Å². The lowest BCUT2D eigenvalue weighted by atomic mass is 9.85. The van der Waals surface area contributed by atoms with E-state index in [1.807, 2.05) is 19.1 Å². The van der Waals surface area contributed by atoms with Gasteiger partial charge in [0.05, 0.1) is 36.7 Å². The second-order valence-corrected chi connectivity index (χ2v) is 12.7. The second-order valence-electron chi connectivity index (χ2n) is 11.5. The summed E-state index contributed by atoms with van der Waals surface area (Å²) >= 11 is 10.9. The highest BCUT2D eigenvalue weighted by molar-refractivity contribution is 7.81. The number of halogens is 1. The summed E-state index contributed by atoms with van der Waals surface area (Å²) < 4.78 is 28.3. The average molecular weight is 655 g/mol. The van der Waals surface area contributed by atoms with E-state index in [0.717, 1.165) is 11.1 Å². The summed E-state index contributed by atoms with van der Waals surface area (Å²) in [4.78, 5) is 39.7. The summed E-state index contributed by atoms with van der Waals surface area (Å²) in [7, 11) is 4.55. The molecular weight excluding hydrogens is 612 g/mol. The van der Waals surface area contributed by atoms with Gasteiger partial charge < -0.3 is 39.4 Å². The molecule has 2 heterocycles. The van der Waals surface area contributed by atoms with Gasteiger partial charge in [0.1, 0.15) is 34.7 Å². The molecule has 3 N–H and O–H groups in total. The number of hydrogen-bond acceptors (Lipinski definition) is 10. The van der Waals surface area contributed by atoms with Gasteiger partial charge in [-0.25, -0.2) is 4.79 Å². The third-order valence-electron chi connectivity index (χ3n) is 8.14. The molecule has 2 bridgehead atoms. The Morgan fingerprint density at radius 1 is 1.27 bits per heavy atom. The van der Waals surface area contributed by atoms with Crippen LogP contribution in [0.5, 0.6) is 5.75 Å². The van der Waals surface area contributed by atoms with Crippen molar-refractivity contribution in [1.29, 1.82) is 0 Å². The summed E-state index contributed by atoms with van der Waals surface area (Å²) in [6.45, 7) is 6.99. The zero-order valence-electron chi connectivity index (χ0n) is 26.1. The van der Waals surface area contributed by atoms with Crippen molar-refractivity contribution < 1.29 is 43.2 Å². The molecule has 2 aliphatic rings. The van der Waals surface area contributed by atoms with Gasteiger partial charge in [0.2, 0.25) is 5.91 Å². The molecule has 1 saturated heterocycles. The fourth-order valence-corrected chi connectivity index (χ4v) is 5.83. The molecule has 1 fully saturated rings. The molecule has 8 unspecified atom stereocenters. The van der Waals surface area contributed by atoms with Gasteiger partial charge in [-0.3, -0.25) is 9.59 Å². The first kappa shape index (κ1) is 35.7. The van der Waals surface area contributed by atoms with Crippen LogP contribution in [0, 0.1) is 5.92 Å². The van der Waals surface area contributed by atoms with Crippen LogP contribution in [0.2, 0.25) is 5.02 Å². The minimum absolute atomic E-state index is 0.0183. The van der Waals surface area contributed by atoms with Gasteiger partial charge in [0.15, 0.2) is 0 Å². The van der Waals surface area contributed by atoms with Crippen LogP contribution < -0.4 is 15.4 Å². The van der Waals surface area contributed by atoms with E-state index in [4.69, 9.17) is 41.0 Å². The van der Waals surface area contributed by atoms with Crippen molar-refractivity contribution in [3.8, 4) is 5.75 Å². The van der Waals surface area contributed by atoms with Crippen LogP contribution in [0.15, 0.2) is 35.9 Å². The maximum Gasteiger partial charge on any atom is 0.404 e. The first-order valence-electron chi connectivity index (χ1n) is 14.3. The normalized spacial score (nSPS) is 30.5. The largest absolute Gasteiger partial charge is 0.495 e. The van der Waals surface area contributed by atoms with Crippen molar-refractivity contribution in [3.05, 3.63) is 46.5 Å². The zero-order chi connectivity index (χ0) is 32.9. The predicted octanol–water partition coefficient (Wildman–Crippen LogP) is 4.01. The van der Waals surface area contributed by atoms with Crippen LogP contribution in [0.25, 0.3) is 0 Å². The summed E-state index contributed by atoms with van der Waals surface area (Å²) in [5.74, 6) is -1.15. The topological polar surface area (TPSA) is 150 Å². The third-order valence-corrected chi connectivity index (χ3v) is 8.73. The maximum atomic E-state index is 13.8. The Balaban J connectivity index is 2.11. The molecule has 3 rings (SSSR count). The zero-order valence-corrected chi connectivity index (χ0v) is 27.8. The average Bonchev–Trinajstić information content (AvgIpc) is 3.65. The van der Waals surface area contributed by atoms with E-state index in [0.29, 0.717) is 17.9 Å². The van der Waals surface area contributed by atoms with Crippen LogP contribution in [-0.2, 0) is 35.0 Å². The molecule has 0 saturated carbocycles. The van der Waals surface area contributed by atoms with Crippen LogP contribution in [0.1, 0.15) is 46.1 Å². The molecule has 244 valence electrons. The fourth-order valence-electron chi connectivity index (χ4n) is 5.45. The first-order chi connectivity index (χ1) is 20.6. The van der Waals surface area contributed by atoms with E-state index >= 15 is 0 Å². The number of allylic oxidation sites excluding steroid dienone is 3. The van der Waals surface area contributed by atoms with Gasteiger partial charge in [0, 0.05) is 26.5 Å². The molecule has 11 nitrogen and oxygen atoms in total. The Bertz CT molecular complexity index is 1290. The van der Waals surface area contributed by atoms with Gasteiger partial charge in [-0.1, -0.05) is 42.3 Å². The summed E-state index contributed by atoms with van der Waals surface area (Å²) in [6.07, 6.45) is 0.263. The highest BCUT2D eigenvalue weighted by atomic mass is 35.5. The van der Waals surface area contributed by atoms with Gasteiger partial charge in [-0.05, 0) is 44.9 Å². The molecule has 0 aromatic heterocycles. The van der Waals surface area contributed by atoms with E-state index in [9.17, 15) is 19.5 Å². The van der Waals surface area contributed by atoms with Crippen LogP contribution >= 0.6 is 24.2 Å². The molecule has 2 aliphatic heterocycles. The Labute approximate surface area is 269 Å². The maximum absolute atomic E-state index is 13.8. The van der Waals surface area contributed by atoms with Crippen molar-refractivity contribution in [2.75, 3.05) is 26.2 Å². The number of benzene rings is 1. The Morgan fingerprint density at radius 2 is 1.95 bits per heavy atom. The second kappa shape index (κ2) is 15.0. The van der Waals surface area contributed by atoms with Gasteiger partial charge in [-0.15, -0.1) is 0 Å². The van der Waals surface area contributed by atoms with Crippen molar-refractivity contribution >= 4 is 47.9 Å². The lowest BCUT2D eigenvalue weighted by molar-refractivity contribution is -0.152. The quantitative estimate of drug-likeness (QED) is 0.243. The van der Waals surface area contributed by atoms with E-state index in [1.165, 1.54) is 19.1 Å². The highest BCUT2D eigenvalue weighted by Gasteiger charge is 2.63. The van der Waals surface area contributed by atoms with Crippen LogP contribution in [0.4, 0.5) is 10.5 Å². The SMILES string of the molecule is COc1cc2cc(c1Cl)N(C)C(=O)CC(OC(=O)C(C)S)C1(C)OC1C(C)C(OC(N)=O)CC(O)C(OC)C=CC=C(C)C2. The number of carbonyl (C=O) groups is 3. The van der Waals surface area contributed by atoms with E-state index in [1.54, 1.807) is 46.0 Å². The van der Waals surface area contributed by atoms with Gasteiger partial charge >= 0.3 is 12.1 Å². The molecule has 1 aromatic rings. The summed E-state index contributed by atoms with van der Waals surface area (Å²) in [5.41, 5.74) is 6.48. The summed E-state index contributed by atoms with van der Waals surface area (Å²) in [6, 6.07) is 3.61. The minimum Gasteiger partial charge on any atom is -0.495 e. The minimum atomic E-state index is -1.13. The number of primary amides is 1. The number of aliphatic hydroxyl groups excluding tert-OH is 1. The van der Waals surface area contributed by atoms with Crippen molar-refractivity contribution in [2.24, 2.45) is 11.7 Å². The third kappa shape index (κ3) is 8.48. The number of aliphatic hydroxyl groups is 1. The van der Waals surface area contributed by atoms with Crippen LogP contribution in [-0.4, -0.2) is 85.7 Å². The van der Waals surface area contributed by atoms with E-state index in [2.05, 4.69) is 12.6 Å². The number of nitrogens with zero attached hydrogens (tertiary/aromatic N) is 1. The molecule has 8 atom stereocenters. The Hall–Kier alpha value is -2.77. The van der Waals surface area contributed by atoms with Gasteiger partial charge in [0.25, 0.3) is 0 Å². The fraction of sp³-hybridized carbons (Fsp3) is 0.581. The Kier molecular flexibility index (Phi) is 12.2. The van der Waals surface area contributed by atoms with Crippen molar-refractivity contribution in [3.63, 3.8) is 0 Å². The molecule has 0 radical (unpaired) electrons. The van der Waals surface area contributed by atoms with Crippen molar-refractivity contribution in [1.82, 2.24) is 0 Å². The molecule has 0 spiro atoms. The Morgan fingerprint density at radius 3 is 2.55 bits per heavy atom. The molecular formula is C31H43ClN2O9S.